The van der Waals surface area contributed by atoms with Crippen LogP contribution in [-0.2, 0) is 9.53 Å². The highest BCUT2D eigenvalue weighted by Crippen LogP contribution is 2.22. The van der Waals surface area contributed by atoms with Gasteiger partial charge in [-0.3, -0.25) is 14.4 Å². The summed E-state index contributed by atoms with van der Waals surface area (Å²) in [5, 5.41) is 0. The van der Waals surface area contributed by atoms with Crippen molar-refractivity contribution in [3.8, 4) is 0 Å². The summed E-state index contributed by atoms with van der Waals surface area (Å²) >= 11 is 0. The van der Waals surface area contributed by atoms with E-state index in [9.17, 15) is 14.4 Å². The highest BCUT2D eigenvalue weighted by atomic mass is 16.5. The second-order valence-electron chi connectivity index (χ2n) is 4.48. The van der Waals surface area contributed by atoms with Gasteiger partial charge in [0.15, 0.2) is 11.5 Å². The second kappa shape index (κ2) is 5.18. The molecule has 0 spiro atoms. The molecule has 4 heteroatoms. The maximum Gasteiger partial charge on any atom is 0.314 e. The van der Waals surface area contributed by atoms with Gasteiger partial charge in [0, 0.05) is 17.2 Å². The Labute approximate surface area is 111 Å². The van der Waals surface area contributed by atoms with E-state index in [0.717, 1.165) is 6.08 Å². The molecule has 19 heavy (non-hydrogen) atoms. The number of Topliss-reactive ketones (excluding diaryl/α,β-unsaturated/α-hetero) is 1. The van der Waals surface area contributed by atoms with Crippen molar-refractivity contribution < 1.29 is 19.1 Å². The first kappa shape index (κ1) is 13.2. The molecule has 0 bridgehead atoms. The van der Waals surface area contributed by atoms with E-state index in [1.54, 1.807) is 31.2 Å². The van der Waals surface area contributed by atoms with E-state index < -0.39 is 11.8 Å². The summed E-state index contributed by atoms with van der Waals surface area (Å²) in [6, 6.07) is 6.50. The highest BCUT2D eigenvalue weighted by molar-refractivity contribution is 6.24. The lowest BCUT2D eigenvalue weighted by molar-refractivity contribution is -0.143. The molecule has 1 aliphatic rings. The number of ether oxygens (including phenoxy) is 1. The molecule has 1 aliphatic carbocycles. The normalized spacial score (nSPS) is 15.6. The first-order valence-electron chi connectivity index (χ1n) is 6.16. The molecule has 0 saturated carbocycles. The Morgan fingerprint density at radius 1 is 1.21 bits per heavy atom. The second-order valence-corrected chi connectivity index (χ2v) is 4.48. The Bertz CT molecular complexity index is 584. The van der Waals surface area contributed by atoms with E-state index in [4.69, 9.17) is 4.74 Å². The molecule has 0 heterocycles. The van der Waals surface area contributed by atoms with Crippen LogP contribution in [0.5, 0.6) is 0 Å². The number of allylic oxidation sites excluding steroid dienone is 2. The van der Waals surface area contributed by atoms with Crippen molar-refractivity contribution in [2.24, 2.45) is 5.92 Å². The van der Waals surface area contributed by atoms with Crippen molar-refractivity contribution >= 4 is 17.5 Å². The van der Waals surface area contributed by atoms with E-state index in [-0.39, 0.29) is 23.0 Å². The average Bonchev–Trinajstić information content (AvgIpc) is 2.43. The molecule has 0 amide bonds. The summed E-state index contributed by atoms with van der Waals surface area (Å²) in [7, 11) is 0. The summed E-state index contributed by atoms with van der Waals surface area (Å²) in [6.07, 6.45) is 1.70. The minimum atomic E-state index is -0.491. The van der Waals surface area contributed by atoms with Gasteiger partial charge in [-0.2, -0.15) is 0 Å². The van der Waals surface area contributed by atoms with Gasteiger partial charge in [0.05, 0.1) is 5.92 Å². The number of rotatable bonds is 3. The molecule has 0 aromatic heterocycles. The predicted molar refractivity (Wildman–Crippen MR) is 68.7 cm³/mol. The molecule has 0 aliphatic heterocycles. The molecule has 2 rings (SSSR count). The highest BCUT2D eigenvalue weighted by Gasteiger charge is 2.28. The van der Waals surface area contributed by atoms with Crippen LogP contribution in [0, 0.1) is 5.92 Å². The van der Waals surface area contributed by atoms with Crippen LogP contribution in [-0.4, -0.2) is 17.5 Å². The van der Waals surface area contributed by atoms with E-state index in [2.05, 4.69) is 0 Å². The van der Waals surface area contributed by atoms with Crippen molar-refractivity contribution in [2.45, 2.75) is 20.3 Å². The lowest BCUT2D eigenvalue weighted by Crippen LogP contribution is -2.23. The van der Waals surface area contributed by atoms with Gasteiger partial charge >= 0.3 is 5.97 Å². The topological polar surface area (TPSA) is 60.4 Å². The van der Waals surface area contributed by atoms with Crippen molar-refractivity contribution in [1.29, 1.82) is 0 Å². The zero-order valence-electron chi connectivity index (χ0n) is 10.8. The van der Waals surface area contributed by atoms with Crippen LogP contribution in [0.25, 0.3) is 0 Å². The van der Waals surface area contributed by atoms with Gasteiger partial charge in [0.25, 0.3) is 0 Å². The van der Waals surface area contributed by atoms with Crippen LogP contribution in [0.1, 0.15) is 41.0 Å². The SMILES string of the molecule is CCC(C)C(=O)OC1=CC(=O)c2ccccc2C1=O. The summed E-state index contributed by atoms with van der Waals surface area (Å²) in [4.78, 5) is 35.6. The lowest BCUT2D eigenvalue weighted by atomic mass is 9.94. The zero-order chi connectivity index (χ0) is 14.0. The first-order chi connectivity index (χ1) is 9.04. The molecule has 0 saturated heterocycles. The third-order valence-electron chi connectivity index (χ3n) is 3.15. The molecule has 1 unspecified atom stereocenters. The minimum absolute atomic E-state index is 0.186. The Kier molecular flexibility index (Phi) is 3.60. The number of benzene rings is 1. The van der Waals surface area contributed by atoms with Gasteiger partial charge in [-0.25, -0.2) is 0 Å². The van der Waals surface area contributed by atoms with Gasteiger partial charge in [-0.05, 0) is 6.42 Å². The lowest BCUT2D eigenvalue weighted by Gasteiger charge is -2.16. The van der Waals surface area contributed by atoms with E-state index in [1.807, 2.05) is 6.92 Å². The monoisotopic (exact) mass is 258 g/mol. The number of hydrogen-bond acceptors (Lipinski definition) is 4. The van der Waals surface area contributed by atoms with Crippen LogP contribution < -0.4 is 0 Å². The standard InChI is InChI=1S/C15H14O4/c1-3-9(2)15(18)19-13-8-12(16)10-6-4-5-7-11(10)14(13)17/h4-9H,3H2,1-2H3. The quantitative estimate of drug-likeness (QED) is 0.782. The molecule has 98 valence electrons. The van der Waals surface area contributed by atoms with Gasteiger partial charge in [-0.1, -0.05) is 38.1 Å². The molecule has 4 nitrogen and oxygen atoms in total. The fourth-order valence-electron chi connectivity index (χ4n) is 1.74. The van der Waals surface area contributed by atoms with Gasteiger partial charge in [-0.15, -0.1) is 0 Å². The summed E-state index contributed by atoms with van der Waals surface area (Å²) in [5.74, 6) is -1.72. The Morgan fingerprint density at radius 2 is 1.84 bits per heavy atom. The average molecular weight is 258 g/mol. The van der Waals surface area contributed by atoms with Crippen LogP contribution >= 0.6 is 0 Å². The number of carbonyl (C=O) groups is 3. The number of carbonyl (C=O) groups excluding carboxylic acids is 3. The third kappa shape index (κ3) is 2.47. The van der Waals surface area contributed by atoms with Gasteiger partial charge < -0.3 is 4.74 Å². The van der Waals surface area contributed by atoms with Crippen molar-refractivity contribution in [3.63, 3.8) is 0 Å². The van der Waals surface area contributed by atoms with E-state index in [1.165, 1.54) is 0 Å². The smallest absolute Gasteiger partial charge is 0.314 e. The van der Waals surface area contributed by atoms with Crippen molar-refractivity contribution in [2.75, 3.05) is 0 Å². The summed E-state index contributed by atoms with van der Waals surface area (Å²) in [6.45, 7) is 3.56. The Hall–Kier alpha value is -2.23. The molecule has 0 fully saturated rings. The molecule has 0 N–H and O–H groups in total. The van der Waals surface area contributed by atoms with Gasteiger partial charge in [0.1, 0.15) is 0 Å². The fourth-order valence-corrected chi connectivity index (χ4v) is 1.74. The van der Waals surface area contributed by atoms with E-state index >= 15 is 0 Å². The first-order valence-corrected chi connectivity index (χ1v) is 6.16. The number of esters is 1. The fraction of sp³-hybridized carbons (Fsp3) is 0.267. The van der Waals surface area contributed by atoms with Crippen LogP contribution in [0.3, 0.4) is 0 Å². The maximum atomic E-state index is 12.1. The van der Waals surface area contributed by atoms with Gasteiger partial charge in [0.2, 0.25) is 5.78 Å². The molecule has 1 aromatic rings. The Balaban J connectivity index is 2.28. The molecule has 1 atom stereocenters. The zero-order valence-corrected chi connectivity index (χ0v) is 10.8. The van der Waals surface area contributed by atoms with E-state index in [0.29, 0.717) is 12.0 Å². The van der Waals surface area contributed by atoms with Crippen molar-refractivity contribution in [3.05, 3.63) is 47.2 Å². The molecule has 0 radical (unpaired) electrons. The largest absolute Gasteiger partial charge is 0.422 e. The minimum Gasteiger partial charge on any atom is -0.422 e. The van der Waals surface area contributed by atoms with Crippen LogP contribution in [0.4, 0.5) is 0 Å². The molecular formula is C15H14O4. The Morgan fingerprint density at radius 3 is 2.47 bits per heavy atom. The number of ketones is 2. The van der Waals surface area contributed by atoms with Crippen LogP contribution in [0.2, 0.25) is 0 Å². The summed E-state index contributed by atoms with van der Waals surface area (Å²) < 4.78 is 5.04. The third-order valence-corrected chi connectivity index (χ3v) is 3.15. The van der Waals surface area contributed by atoms with Crippen LogP contribution in [0.15, 0.2) is 36.1 Å². The summed E-state index contributed by atoms with van der Waals surface area (Å²) in [5.41, 5.74) is 0.623. The predicted octanol–water partition coefficient (Wildman–Crippen LogP) is 2.54. The number of hydrogen-bond donors (Lipinski definition) is 0. The maximum absolute atomic E-state index is 12.1. The molecule has 1 aromatic carbocycles. The molecular weight excluding hydrogens is 244 g/mol. The van der Waals surface area contributed by atoms with Crippen molar-refractivity contribution in [1.82, 2.24) is 0 Å². The number of fused-ring (bicyclic) bond motifs is 1.